The Morgan fingerprint density at radius 2 is 2.37 bits per heavy atom. The van der Waals surface area contributed by atoms with Crippen LogP contribution in [0, 0.1) is 5.92 Å². The van der Waals surface area contributed by atoms with E-state index in [1.54, 1.807) is 6.07 Å². The fraction of sp³-hybridized carbons (Fsp3) is 0.417. The molecule has 19 heavy (non-hydrogen) atoms. The molecule has 1 fully saturated rings. The Morgan fingerprint density at radius 1 is 1.63 bits per heavy atom. The summed E-state index contributed by atoms with van der Waals surface area (Å²) in [6.07, 6.45) is 2.56. The zero-order chi connectivity index (χ0) is 14.0. The molecular formula is C12H15NO4S2. The highest BCUT2D eigenvalue weighted by Gasteiger charge is 2.33. The van der Waals surface area contributed by atoms with Crippen LogP contribution in [-0.2, 0) is 21.4 Å². The molecule has 2 rings (SSSR count). The fourth-order valence-corrected chi connectivity index (χ4v) is 4.90. The first-order valence-corrected chi connectivity index (χ1v) is 8.32. The van der Waals surface area contributed by atoms with Crippen LogP contribution in [0.5, 0.6) is 0 Å². The number of nitrogens with zero attached hydrogens (tertiary/aromatic N) is 1. The van der Waals surface area contributed by atoms with Crippen molar-refractivity contribution in [3.8, 4) is 0 Å². The molecule has 1 N–H and O–H groups in total. The number of rotatable bonds is 4. The lowest BCUT2D eigenvalue weighted by Crippen LogP contribution is -2.25. The second-order valence-corrected chi connectivity index (χ2v) is 7.66. The van der Waals surface area contributed by atoms with E-state index in [-0.39, 0.29) is 11.7 Å². The molecule has 2 heterocycles. The van der Waals surface area contributed by atoms with E-state index >= 15 is 0 Å². The molecule has 7 heteroatoms. The molecule has 0 amide bonds. The Morgan fingerprint density at radius 3 is 2.95 bits per heavy atom. The minimum atomic E-state index is -3.16. The summed E-state index contributed by atoms with van der Waals surface area (Å²) in [5.41, 5.74) is 0.766. The number of thiophene rings is 1. The Kier molecular flexibility index (Phi) is 4.07. The molecule has 0 aromatic carbocycles. The minimum absolute atomic E-state index is 0.142. The van der Waals surface area contributed by atoms with E-state index in [0.717, 1.165) is 16.5 Å². The van der Waals surface area contributed by atoms with E-state index in [0.29, 0.717) is 13.1 Å². The molecule has 1 aliphatic heterocycles. The molecule has 0 spiro atoms. The molecule has 0 aliphatic carbocycles. The van der Waals surface area contributed by atoms with Crippen LogP contribution in [0.15, 0.2) is 17.5 Å². The Hall–Kier alpha value is -1.18. The lowest BCUT2D eigenvalue weighted by Gasteiger charge is -2.13. The summed E-state index contributed by atoms with van der Waals surface area (Å²) in [5.74, 6) is -0.680. The topological polar surface area (TPSA) is 74.7 Å². The van der Waals surface area contributed by atoms with Crippen molar-refractivity contribution in [1.82, 2.24) is 4.31 Å². The number of sulfonamides is 1. The number of carbonyl (C=O) groups is 1. The summed E-state index contributed by atoms with van der Waals surface area (Å²) >= 11 is 1.44. The van der Waals surface area contributed by atoms with Gasteiger partial charge in [-0.15, -0.1) is 11.3 Å². The van der Waals surface area contributed by atoms with Gasteiger partial charge in [0.2, 0.25) is 10.0 Å². The van der Waals surface area contributed by atoms with Gasteiger partial charge in [0.1, 0.15) is 0 Å². The maximum atomic E-state index is 11.9. The number of aliphatic carboxylic acids is 1. The van der Waals surface area contributed by atoms with Crippen molar-refractivity contribution >= 4 is 33.4 Å². The molecule has 1 atom stereocenters. The van der Waals surface area contributed by atoms with Crippen molar-refractivity contribution in [2.24, 2.45) is 5.92 Å². The highest BCUT2D eigenvalue weighted by molar-refractivity contribution is 7.89. The Balaban J connectivity index is 2.16. The van der Waals surface area contributed by atoms with Crippen molar-refractivity contribution in [3.05, 3.63) is 28.0 Å². The van der Waals surface area contributed by atoms with Gasteiger partial charge in [0, 0.05) is 24.0 Å². The molecule has 1 aliphatic rings. The molecule has 0 saturated carbocycles. The number of carboxylic acids is 1. The zero-order valence-electron chi connectivity index (χ0n) is 10.4. The lowest BCUT2D eigenvalue weighted by atomic mass is 10.2. The zero-order valence-corrected chi connectivity index (χ0v) is 12.1. The monoisotopic (exact) mass is 301 g/mol. The summed E-state index contributed by atoms with van der Waals surface area (Å²) in [6.45, 7) is 2.77. The Labute approximate surface area is 116 Å². The third kappa shape index (κ3) is 3.43. The number of hydrogen-bond donors (Lipinski definition) is 1. The molecule has 1 unspecified atom stereocenters. The largest absolute Gasteiger partial charge is 0.478 e. The fourth-order valence-electron chi connectivity index (χ4n) is 2.09. The summed E-state index contributed by atoms with van der Waals surface area (Å²) in [7, 11) is -3.16. The third-order valence-electron chi connectivity index (χ3n) is 2.91. The van der Waals surface area contributed by atoms with E-state index in [4.69, 9.17) is 5.11 Å². The first kappa shape index (κ1) is 14.2. The van der Waals surface area contributed by atoms with Gasteiger partial charge in [-0.2, -0.15) is 4.31 Å². The van der Waals surface area contributed by atoms with Crippen LogP contribution < -0.4 is 0 Å². The predicted molar refractivity (Wildman–Crippen MR) is 74.3 cm³/mol. The van der Waals surface area contributed by atoms with Gasteiger partial charge in [0.05, 0.1) is 5.75 Å². The molecule has 1 aromatic rings. The van der Waals surface area contributed by atoms with E-state index < -0.39 is 16.0 Å². The maximum absolute atomic E-state index is 11.9. The van der Waals surface area contributed by atoms with Crippen molar-refractivity contribution in [2.45, 2.75) is 13.5 Å². The summed E-state index contributed by atoms with van der Waals surface area (Å²) < 4.78 is 25.3. The summed E-state index contributed by atoms with van der Waals surface area (Å²) in [4.78, 5) is 11.4. The molecule has 104 valence electrons. The van der Waals surface area contributed by atoms with Gasteiger partial charge < -0.3 is 5.11 Å². The van der Waals surface area contributed by atoms with Crippen LogP contribution in [-0.4, -0.2) is 36.1 Å². The normalized spacial score (nSPS) is 23.1. The van der Waals surface area contributed by atoms with Gasteiger partial charge in [-0.05, 0) is 29.0 Å². The van der Waals surface area contributed by atoms with Crippen LogP contribution in [0.2, 0.25) is 0 Å². The molecule has 5 nitrogen and oxygen atoms in total. The van der Waals surface area contributed by atoms with Gasteiger partial charge in [-0.25, -0.2) is 13.2 Å². The quantitative estimate of drug-likeness (QED) is 0.858. The average molecular weight is 301 g/mol. The van der Waals surface area contributed by atoms with Crippen LogP contribution in [0.4, 0.5) is 0 Å². The molecule has 1 saturated heterocycles. The highest BCUT2D eigenvalue weighted by atomic mass is 32.2. The van der Waals surface area contributed by atoms with E-state index in [1.165, 1.54) is 21.7 Å². The van der Waals surface area contributed by atoms with Gasteiger partial charge in [-0.3, -0.25) is 0 Å². The highest BCUT2D eigenvalue weighted by Crippen LogP contribution is 2.26. The maximum Gasteiger partial charge on any atom is 0.328 e. The second kappa shape index (κ2) is 5.44. The van der Waals surface area contributed by atoms with Gasteiger partial charge >= 0.3 is 5.97 Å². The van der Waals surface area contributed by atoms with E-state index in [9.17, 15) is 13.2 Å². The van der Waals surface area contributed by atoms with E-state index in [1.807, 2.05) is 12.3 Å². The van der Waals surface area contributed by atoms with Crippen molar-refractivity contribution in [1.29, 1.82) is 0 Å². The van der Waals surface area contributed by atoms with Gasteiger partial charge in [0.25, 0.3) is 0 Å². The van der Waals surface area contributed by atoms with Gasteiger partial charge in [-0.1, -0.05) is 6.92 Å². The number of hydrogen-bond acceptors (Lipinski definition) is 4. The first-order valence-electron chi connectivity index (χ1n) is 5.83. The van der Waals surface area contributed by atoms with E-state index in [2.05, 4.69) is 0 Å². The van der Waals surface area contributed by atoms with Crippen LogP contribution >= 0.6 is 11.3 Å². The minimum Gasteiger partial charge on any atom is -0.478 e. The van der Waals surface area contributed by atoms with Crippen LogP contribution in [0.3, 0.4) is 0 Å². The lowest BCUT2D eigenvalue weighted by molar-refractivity contribution is -0.131. The molecule has 0 radical (unpaired) electrons. The second-order valence-electron chi connectivity index (χ2n) is 4.65. The van der Waals surface area contributed by atoms with Gasteiger partial charge in [0.15, 0.2) is 0 Å². The predicted octanol–water partition coefficient (Wildman–Crippen LogP) is 1.63. The van der Waals surface area contributed by atoms with Crippen LogP contribution in [0.25, 0.3) is 6.08 Å². The molecular weight excluding hydrogens is 286 g/mol. The third-order valence-corrected chi connectivity index (χ3v) is 5.89. The molecule has 0 bridgehead atoms. The van der Waals surface area contributed by atoms with Crippen molar-refractivity contribution < 1.29 is 18.3 Å². The average Bonchev–Trinajstić information content (AvgIpc) is 2.81. The van der Waals surface area contributed by atoms with Crippen molar-refractivity contribution in [3.63, 3.8) is 0 Å². The first-order chi connectivity index (χ1) is 8.88. The van der Waals surface area contributed by atoms with Crippen LogP contribution in [0.1, 0.15) is 17.4 Å². The summed E-state index contributed by atoms with van der Waals surface area (Å²) in [6, 6.07) is 1.80. The van der Waals surface area contributed by atoms with Crippen molar-refractivity contribution in [2.75, 3.05) is 12.3 Å². The standard InChI is InChI=1S/C12H15NO4S2/c1-9-6-13(19(16,17)8-9)7-11-10(4-5-18-11)2-3-12(14)15/h2-5,9H,6-8H2,1H3,(H,14,15). The number of carboxylic acid groups (broad SMARTS) is 1. The summed E-state index contributed by atoms with van der Waals surface area (Å²) in [5, 5.41) is 10.5. The smallest absolute Gasteiger partial charge is 0.328 e. The molecule has 1 aromatic heterocycles. The Bertz CT molecular complexity index is 603. The SMILES string of the molecule is CC1CN(Cc2sccc2C=CC(=O)O)S(=O)(=O)C1.